The fraction of sp³-hybridized carbons (Fsp3) is 0.200. The van der Waals surface area contributed by atoms with Crippen LogP contribution in [0.4, 0.5) is 0 Å². The molecule has 0 radical (unpaired) electrons. The van der Waals surface area contributed by atoms with Gasteiger partial charge in [-0.1, -0.05) is 95.1 Å². The van der Waals surface area contributed by atoms with E-state index in [4.69, 9.17) is 9.84 Å². The molecule has 0 unspecified atom stereocenters. The van der Waals surface area contributed by atoms with Gasteiger partial charge in [-0.25, -0.2) is 4.57 Å². The van der Waals surface area contributed by atoms with E-state index >= 15 is 0 Å². The summed E-state index contributed by atoms with van der Waals surface area (Å²) in [6.07, 6.45) is 4.98. The van der Waals surface area contributed by atoms with Crippen molar-refractivity contribution in [1.29, 1.82) is 0 Å². The minimum Gasteiger partial charge on any atom is -0.351 e. The molecule has 1 aliphatic heterocycles. The molecular formula is C25H24N3OS+. The Hall–Kier alpha value is -2.89. The molecule has 0 fully saturated rings. The van der Waals surface area contributed by atoms with Crippen LogP contribution in [0, 0.1) is 0 Å². The second-order valence-electron chi connectivity index (χ2n) is 7.49. The number of rotatable bonds is 5. The zero-order valence-corrected chi connectivity index (χ0v) is 17.7. The molecule has 2 heterocycles. The number of ether oxygens (including phenoxy) is 1. The second kappa shape index (κ2) is 8.09. The molecule has 0 saturated carbocycles. The number of fused-ring (bicyclic) bond motifs is 1. The van der Waals surface area contributed by atoms with Gasteiger partial charge in [0.05, 0.1) is 11.9 Å². The zero-order valence-electron chi connectivity index (χ0n) is 16.9. The lowest BCUT2D eigenvalue weighted by Crippen LogP contribution is -2.45. The molecule has 0 saturated heterocycles. The van der Waals surface area contributed by atoms with Gasteiger partial charge in [0.2, 0.25) is 0 Å². The van der Waals surface area contributed by atoms with E-state index in [0.717, 1.165) is 23.4 Å². The van der Waals surface area contributed by atoms with Crippen LogP contribution in [-0.4, -0.2) is 15.9 Å². The molecule has 30 heavy (non-hydrogen) atoms. The summed E-state index contributed by atoms with van der Waals surface area (Å²) in [5, 5.41) is 4.73. The van der Waals surface area contributed by atoms with Crippen LogP contribution in [0.1, 0.15) is 28.6 Å². The smallest absolute Gasteiger partial charge is 0.279 e. The first-order chi connectivity index (χ1) is 14.8. The highest BCUT2D eigenvalue weighted by atomic mass is 32.2. The lowest BCUT2D eigenvalue weighted by atomic mass is 9.76. The minimum absolute atomic E-state index is 0.0225. The van der Waals surface area contributed by atoms with Crippen molar-refractivity contribution in [3.05, 3.63) is 120 Å². The third kappa shape index (κ3) is 3.24. The highest BCUT2D eigenvalue weighted by Crippen LogP contribution is 2.47. The number of hydrogen-bond donors (Lipinski definition) is 0. The third-order valence-corrected chi connectivity index (χ3v) is 6.38. The average Bonchev–Trinajstić information content (AvgIpc) is 3.25. The van der Waals surface area contributed by atoms with E-state index in [2.05, 4.69) is 102 Å². The summed E-state index contributed by atoms with van der Waals surface area (Å²) in [6.45, 7) is 0.461. The summed E-state index contributed by atoms with van der Waals surface area (Å²) < 4.78 is 11.0. The minimum atomic E-state index is -0.609. The van der Waals surface area contributed by atoms with Crippen LogP contribution in [0.2, 0.25) is 0 Å². The molecule has 1 aromatic heterocycles. The molecule has 1 aliphatic rings. The Labute approximate surface area is 181 Å². The van der Waals surface area contributed by atoms with Gasteiger partial charge < -0.3 is 4.74 Å². The van der Waals surface area contributed by atoms with Gasteiger partial charge in [0.1, 0.15) is 12.6 Å². The largest absolute Gasteiger partial charge is 0.351 e. The van der Waals surface area contributed by atoms with Crippen molar-refractivity contribution >= 4 is 11.9 Å². The Kier molecular flexibility index (Phi) is 5.15. The summed E-state index contributed by atoms with van der Waals surface area (Å²) in [5.41, 5.74) is 2.99. The maximum atomic E-state index is 6.80. The van der Waals surface area contributed by atoms with Gasteiger partial charge in [-0.15, -0.1) is 0 Å². The summed E-state index contributed by atoms with van der Waals surface area (Å²) in [6, 6.07) is 31.8. The SMILES string of the molecule is CS[n+]1cn2c(n1)COC(c1ccccc1)(c1ccccc1)[C@@H]2Cc1ccccc1. The normalized spacial score (nSPS) is 17.4. The highest BCUT2D eigenvalue weighted by molar-refractivity contribution is 7.92. The standard InChI is InChI=1S/C25H24N3OS/c1-30-28-19-27-23(17-20-11-5-2-6-12-20)25(29-18-24(27)26-28,21-13-7-3-8-14-21)22-15-9-4-10-16-22/h2-16,19,23H,17-18H2,1H3/q+1/t23-/m0/s1. The zero-order chi connectivity index (χ0) is 20.4. The molecule has 5 heteroatoms. The topological polar surface area (TPSA) is 30.9 Å². The average molecular weight is 415 g/mol. The van der Waals surface area contributed by atoms with Gasteiger partial charge >= 0.3 is 0 Å². The predicted octanol–water partition coefficient (Wildman–Crippen LogP) is 4.55. The summed E-state index contributed by atoms with van der Waals surface area (Å²) in [7, 11) is 0. The van der Waals surface area contributed by atoms with Gasteiger partial charge in [-0.3, -0.25) is 0 Å². The Morgan fingerprint density at radius 2 is 1.50 bits per heavy atom. The molecule has 1 atom stereocenters. The number of hydrogen-bond acceptors (Lipinski definition) is 3. The van der Waals surface area contributed by atoms with E-state index in [9.17, 15) is 0 Å². The van der Waals surface area contributed by atoms with Crippen LogP contribution in [0.5, 0.6) is 0 Å². The van der Waals surface area contributed by atoms with Crippen molar-refractivity contribution in [2.45, 2.75) is 24.7 Å². The van der Waals surface area contributed by atoms with E-state index in [1.807, 2.05) is 10.3 Å². The van der Waals surface area contributed by atoms with E-state index in [-0.39, 0.29) is 6.04 Å². The van der Waals surface area contributed by atoms with E-state index in [0.29, 0.717) is 6.61 Å². The molecule has 4 nitrogen and oxygen atoms in total. The number of nitrogens with zero attached hydrogens (tertiary/aromatic N) is 3. The molecule has 0 spiro atoms. The molecule has 0 aliphatic carbocycles. The molecule has 3 aromatic carbocycles. The molecule has 0 N–H and O–H groups in total. The first-order valence-corrected chi connectivity index (χ1v) is 11.3. The van der Waals surface area contributed by atoms with Gasteiger partial charge in [-0.2, -0.15) is 0 Å². The van der Waals surface area contributed by atoms with Crippen LogP contribution >= 0.6 is 11.9 Å². The Morgan fingerprint density at radius 3 is 2.07 bits per heavy atom. The maximum Gasteiger partial charge on any atom is 0.279 e. The highest BCUT2D eigenvalue weighted by Gasteiger charge is 2.51. The van der Waals surface area contributed by atoms with E-state index in [1.54, 1.807) is 11.9 Å². The summed E-state index contributed by atoms with van der Waals surface area (Å²) in [5.74, 6) is 0.952. The maximum absolute atomic E-state index is 6.80. The number of benzene rings is 3. The molecule has 4 aromatic rings. The molecule has 0 amide bonds. The molecule has 150 valence electrons. The van der Waals surface area contributed by atoms with Crippen molar-refractivity contribution in [3.63, 3.8) is 0 Å². The van der Waals surface area contributed by atoms with Crippen molar-refractivity contribution in [2.75, 3.05) is 6.26 Å². The first kappa shape index (κ1) is 19.1. The quantitative estimate of drug-likeness (QED) is 0.449. The number of aromatic nitrogens is 3. The molecule has 0 bridgehead atoms. The van der Waals surface area contributed by atoms with Gasteiger partial charge in [-0.05, 0) is 21.8 Å². The van der Waals surface area contributed by atoms with Crippen molar-refractivity contribution in [2.24, 2.45) is 0 Å². The Morgan fingerprint density at radius 1 is 0.933 bits per heavy atom. The Balaban J connectivity index is 1.75. The molecular weight excluding hydrogens is 390 g/mol. The van der Waals surface area contributed by atoms with E-state index < -0.39 is 5.60 Å². The van der Waals surface area contributed by atoms with Crippen molar-refractivity contribution in [3.8, 4) is 0 Å². The van der Waals surface area contributed by atoms with Crippen molar-refractivity contribution in [1.82, 2.24) is 9.67 Å². The van der Waals surface area contributed by atoms with Crippen LogP contribution in [0.3, 0.4) is 0 Å². The van der Waals surface area contributed by atoms with Gasteiger partial charge in [0.25, 0.3) is 12.2 Å². The summed E-state index contributed by atoms with van der Waals surface area (Å²) >= 11 is 1.59. The lowest BCUT2D eigenvalue weighted by molar-refractivity contribution is -0.562. The van der Waals surface area contributed by atoms with Gasteiger partial charge in [0, 0.05) is 12.7 Å². The molecule has 5 rings (SSSR count). The third-order valence-electron chi connectivity index (χ3n) is 5.83. The second-order valence-corrected chi connectivity index (χ2v) is 8.23. The monoisotopic (exact) mass is 414 g/mol. The first-order valence-electron chi connectivity index (χ1n) is 10.1. The van der Waals surface area contributed by atoms with Crippen LogP contribution in [0.15, 0.2) is 97.3 Å². The van der Waals surface area contributed by atoms with Crippen LogP contribution in [-0.2, 0) is 23.4 Å². The van der Waals surface area contributed by atoms with E-state index in [1.165, 1.54) is 5.56 Å². The Bertz CT molecular complexity index is 1070. The fourth-order valence-corrected chi connectivity index (χ4v) is 4.83. The predicted molar refractivity (Wildman–Crippen MR) is 119 cm³/mol. The van der Waals surface area contributed by atoms with Crippen LogP contribution < -0.4 is 4.09 Å². The van der Waals surface area contributed by atoms with Gasteiger partial charge in [0.15, 0.2) is 5.60 Å². The lowest BCUT2D eigenvalue weighted by Gasteiger charge is -2.42. The van der Waals surface area contributed by atoms with Crippen molar-refractivity contribution < 1.29 is 8.82 Å². The fourth-order valence-electron chi connectivity index (χ4n) is 4.46. The van der Waals surface area contributed by atoms with Crippen LogP contribution in [0.25, 0.3) is 0 Å². The summed E-state index contributed by atoms with van der Waals surface area (Å²) in [4.78, 5) is 0.